The summed E-state index contributed by atoms with van der Waals surface area (Å²) in [6.45, 7) is 0.238. The molecule has 3 fully saturated rings. The quantitative estimate of drug-likeness (QED) is 0.101. The summed E-state index contributed by atoms with van der Waals surface area (Å²) in [4.78, 5) is 13.8. The highest BCUT2D eigenvalue weighted by molar-refractivity contribution is 5.88. The molecule has 0 unspecified atom stereocenters. The van der Waals surface area contributed by atoms with E-state index in [1.54, 1.807) is 0 Å². The van der Waals surface area contributed by atoms with Gasteiger partial charge in [0.2, 0.25) is 17.5 Å². The van der Waals surface area contributed by atoms with Gasteiger partial charge in [0.25, 0.3) is 0 Å². The van der Waals surface area contributed by atoms with Gasteiger partial charge < -0.3 is 94.1 Å². The predicted octanol–water partition coefficient (Wildman–Crippen LogP) is -3.22. The summed E-state index contributed by atoms with van der Waals surface area (Å²) in [7, 11) is 0. The molecule has 0 bridgehead atoms. The minimum Gasteiger partial charge on any atom is -0.508 e. The number of phenolic OH excluding ortho intramolecular Hbond substituents is 4. The molecule has 286 valence electrons. The smallest absolute Gasteiger partial charge is 0.239 e. The molecule has 0 saturated carbocycles. The van der Waals surface area contributed by atoms with E-state index in [-0.39, 0.29) is 11.1 Å². The van der Waals surface area contributed by atoms with Gasteiger partial charge in [-0.2, -0.15) is 0 Å². The van der Waals surface area contributed by atoms with Crippen LogP contribution in [-0.4, -0.2) is 161 Å². The molecule has 0 aliphatic carbocycles. The van der Waals surface area contributed by atoms with Crippen LogP contribution in [0.4, 0.5) is 0 Å². The maximum Gasteiger partial charge on any atom is 0.239 e. The average Bonchev–Trinajstić information content (AvgIpc) is 3.10. The molecule has 20 heteroatoms. The molecular weight excluding hydrogens is 704 g/mol. The van der Waals surface area contributed by atoms with E-state index < -0.39 is 145 Å². The van der Waals surface area contributed by atoms with Gasteiger partial charge in [0, 0.05) is 17.7 Å². The summed E-state index contributed by atoms with van der Waals surface area (Å²) >= 11 is 0. The van der Waals surface area contributed by atoms with Gasteiger partial charge in [-0.15, -0.1) is 0 Å². The van der Waals surface area contributed by atoms with Crippen molar-refractivity contribution >= 4 is 11.0 Å². The topological polar surface area (TPSA) is 328 Å². The molecule has 0 amide bonds. The second-order valence-electron chi connectivity index (χ2n) is 12.6. The molecule has 14 atom stereocenters. The zero-order valence-electron chi connectivity index (χ0n) is 27.0. The fraction of sp³-hybridized carbons (Fsp3) is 0.531. The third-order valence-corrected chi connectivity index (χ3v) is 9.01. The van der Waals surface area contributed by atoms with E-state index in [0.29, 0.717) is 0 Å². The summed E-state index contributed by atoms with van der Waals surface area (Å²) in [5.74, 6) is -3.53. The lowest BCUT2D eigenvalue weighted by molar-refractivity contribution is -0.359. The van der Waals surface area contributed by atoms with E-state index in [1.165, 1.54) is 13.0 Å². The van der Waals surface area contributed by atoms with Crippen LogP contribution in [0.25, 0.3) is 22.3 Å². The lowest BCUT2D eigenvalue weighted by Crippen LogP contribution is -2.63. The predicted molar refractivity (Wildman–Crippen MR) is 167 cm³/mol. The van der Waals surface area contributed by atoms with Crippen molar-refractivity contribution in [2.24, 2.45) is 0 Å². The molecule has 0 spiro atoms. The van der Waals surface area contributed by atoms with Gasteiger partial charge in [-0.3, -0.25) is 4.79 Å². The standard InChI is InChI=1S/C32H38O20/c1-9-19(38)24(43)29(52-30-25(44)20(39)15(37)7-46-30)32(48-9)47-8-17-21(40)23(42)26(45)31(50-17)51-28-22(41)18-14(36)5-11(33)6-16(18)49-27(28)10-2-3-12(34)13(35)4-10/h2-6,9,15,17,19-21,23-26,29-40,42-45H,7-8H2,1H3/t9-,15-,17-,19+,20+,21-,23+,24-,25-,26-,29-,30+,31+,32-/m1/s1. The van der Waals surface area contributed by atoms with Gasteiger partial charge in [0.05, 0.1) is 19.3 Å². The zero-order valence-corrected chi connectivity index (χ0v) is 27.0. The van der Waals surface area contributed by atoms with Crippen molar-refractivity contribution < 1.29 is 94.1 Å². The number of hydrogen-bond donors (Lipinski definition) is 12. The fourth-order valence-electron chi connectivity index (χ4n) is 6.02. The number of aromatic hydroxyl groups is 4. The highest BCUT2D eigenvalue weighted by atomic mass is 16.8. The second-order valence-corrected chi connectivity index (χ2v) is 12.6. The van der Waals surface area contributed by atoms with E-state index in [4.69, 9.17) is 32.8 Å². The van der Waals surface area contributed by atoms with Gasteiger partial charge in [0.15, 0.2) is 29.8 Å². The third kappa shape index (κ3) is 7.09. The number of rotatable bonds is 8. The molecule has 52 heavy (non-hydrogen) atoms. The third-order valence-electron chi connectivity index (χ3n) is 9.01. The van der Waals surface area contributed by atoms with E-state index in [9.17, 15) is 66.1 Å². The summed E-state index contributed by atoms with van der Waals surface area (Å²) in [6, 6.07) is 5.14. The monoisotopic (exact) mass is 742 g/mol. The lowest BCUT2D eigenvalue weighted by atomic mass is 9.98. The first-order valence-corrected chi connectivity index (χ1v) is 15.9. The number of ether oxygens (including phenoxy) is 6. The number of phenols is 4. The van der Waals surface area contributed by atoms with Crippen molar-refractivity contribution in [1.29, 1.82) is 0 Å². The minimum atomic E-state index is -2.04. The Hall–Kier alpha value is -3.87. The Morgan fingerprint density at radius 2 is 1.44 bits per heavy atom. The van der Waals surface area contributed by atoms with Crippen LogP contribution >= 0.6 is 0 Å². The number of fused-ring (bicyclic) bond motifs is 1. The molecule has 2 aromatic carbocycles. The average molecular weight is 743 g/mol. The van der Waals surface area contributed by atoms with Gasteiger partial charge in [-0.25, -0.2) is 0 Å². The van der Waals surface area contributed by atoms with Crippen molar-refractivity contribution in [2.75, 3.05) is 13.2 Å². The molecule has 12 N–H and O–H groups in total. The van der Waals surface area contributed by atoms with E-state index in [0.717, 1.165) is 24.3 Å². The number of hydrogen-bond acceptors (Lipinski definition) is 20. The van der Waals surface area contributed by atoms with Crippen LogP contribution < -0.4 is 10.2 Å². The Labute approximate surface area is 292 Å². The Balaban J connectivity index is 1.27. The van der Waals surface area contributed by atoms with Crippen molar-refractivity contribution in [3.05, 3.63) is 40.6 Å². The maximum atomic E-state index is 13.8. The van der Waals surface area contributed by atoms with Crippen LogP contribution in [-0.2, 0) is 23.7 Å². The largest absolute Gasteiger partial charge is 0.508 e. The molecule has 3 aliphatic heterocycles. The van der Waals surface area contributed by atoms with Crippen LogP contribution in [0.15, 0.2) is 39.5 Å². The zero-order chi connectivity index (χ0) is 37.8. The molecule has 20 nitrogen and oxygen atoms in total. The molecule has 4 heterocycles. The normalized spacial score (nSPS) is 36.9. The van der Waals surface area contributed by atoms with Crippen LogP contribution in [0.3, 0.4) is 0 Å². The van der Waals surface area contributed by atoms with E-state index in [2.05, 4.69) is 0 Å². The van der Waals surface area contributed by atoms with Gasteiger partial charge in [-0.05, 0) is 25.1 Å². The van der Waals surface area contributed by atoms with E-state index in [1.807, 2.05) is 0 Å². The molecule has 3 aliphatic rings. The maximum absolute atomic E-state index is 13.8. The Morgan fingerprint density at radius 3 is 2.15 bits per heavy atom. The van der Waals surface area contributed by atoms with Crippen LogP contribution in [0.1, 0.15) is 6.92 Å². The van der Waals surface area contributed by atoms with Gasteiger partial charge in [0.1, 0.15) is 83.5 Å². The first-order valence-electron chi connectivity index (χ1n) is 15.9. The summed E-state index contributed by atoms with van der Waals surface area (Å²) < 4.78 is 39.5. The van der Waals surface area contributed by atoms with Gasteiger partial charge >= 0.3 is 0 Å². The molecule has 1 aromatic heterocycles. The molecule has 0 radical (unpaired) electrons. The van der Waals surface area contributed by atoms with E-state index >= 15 is 0 Å². The number of aliphatic hydroxyl groups excluding tert-OH is 8. The Kier molecular flexibility index (Phi) is 10.8. The van der Waals surface area contributed by atoms with Crippen molar-refractivity contribution in [3.63, 3.8) is 0 Å². The summed E-state index contributed by atoms with van der Waals surface area (Å²) in [5.41, 5.74) is -1.46. The first-order chi connectivity index (χ1) is 24.6. The van der Waals surface area contributed by atoms with Crippen molar-refractivity contribution in [2.45, 2.75) is 92.9 Å². The van der Waals surface area contributed by atoms with Crippen LogP contribution in [0.2, 0.25) is 0 Å². The van der Waals surface area contributed by atoms with Gasteiger partial charge in [-0.1, -0.05) is 0 Å². The summed E-state index contributed by atoms with van der Waals surface area (Å²) in [6.07, 6.45) is -23.5. The van der Waals surface area contributed by atoms with Crippen molar-refractivity contribution in [1.82, 2.24) is 0 Å². The fourth-order valence-corrected chi connectivity index (χ4v) is 6.02. The first kappa shape index (κ1) is 37.9. The minimum absolute atomic E-state index is 0.0673. The second kappa shape index (κ2) is 14.9. The highest BCUT2D eigenvalue weighted by Crippen LogP contribution is 2.39. The SMILES string of the molecule is C[C@H]1O[C@@H](OC[C@H]2O[C@@H](Oc3c(-c4ccc(O)c(O)c4)oc4cc(O)cc(O)c4c3=O)[C@H](O)[C@@H](O)[C@@H]2O)[C@H](O[C@@H]2OC[C@@H](O)[C@H](O)[C@H]2O)[C@H](O)[C@H]1O. The molecular formula is C32H38O20. The number of benzene rings is 2. The lowest BCUT2D eigenvalue weighted by Gasteiger charge is -2.45. The molecule has 3 aromatic rings. The molecule has 3 saturated heterocycles. The van der Waals surface area contributed by atoms with Crippen LogP contribution in [0, 0.1) is 0 Å². The van der Waals surface area contributed by atoms with Crippen molar-refractivity contribution in [3.8, 4) is 40.1 Å². The summed E-state index contributed by atoms with van der Waals surface area (Å²) in [5, 5.41) is 124. The molecule has 6 rings (SSSR count). The number of aliphatic hydroxyl groups is 8. The Morgan fingerprint density at radius 1 is 0.731 bits per heavy atom. The Bertz CT molecular complexity index is 1800. The highest BCUT2D eigenvalue weighted by Gasteiger charge is 2.50. The van der Waals surface area contributed by atoms with Crippen LogP contribution in [0.5, 0.6) is 28.7 Å².